The minimum atomic E-state index is -0.147. The average molecular weight is 513 g/mol. The van der Waals surface area contributed by atoms with Crippen LogP contribution in [0.15, 0.2) is 36.7 Å². The number of nitrogens with zero attached hydrogens (tertiary/aromatic N) is 6. The molecule has 2 aromatic heterocycles. The number of rotatable bonds is 7. The maximum absolute atomic E-state index is 13.9. The molecule has 5 heterocycles. The van der Waals surface area contributed by atoms with E-state index in [1.54, 1.807) is 6.33 Å². The predicted molar refractivity (Wildman–Crippen MR) is 144 cm³/mol. The molecule has 8 nitrogen and oxygen atoms in total. The summed E-state index contributed by atoms with van der Waals surface area (Å²) in [4.78, 5) is 23.5. The third-order valence-electron chi connectivity index (χ3n) is 8.92. The molecule has 0 N–H and O–H groups in total. The summed E-state index contributed by atoms with van der Waals surface area (Å²) >= 11 is 0. The molecule has 4 aliphatic rings. The number of hydrogen-bond acceptors (Lipinski definition) is 6. The molecule has 1 aromatic carbocycles. The van der Waals surface area contributed by atoms with Crippen LogP contribution in [0, 0.1) is 5.92 Å². The minimum absolute atomic E-state index is 0.0990. The Labute approximate surface area is 224 Å². The first-order valence-electron chi connectivity index (χ1n) is 14.1. The van der Waals surface area contributed by atoms with Gasteiger partial charge in [0.2, 0.25) is 0 Å². The number of amides is 1. The normalized spacial score (nSPS) is 22.9. The first kappa shape index (κ1) is 24.0. The number of ether oxygens (including phenoxy) is 1. The molecule has 8 heteroatoms. The highest BCUT2D eigenvalue weighted by atomic mass is 16.5. The second kappa shape index (κ2) is 9.27. The van der Waals surface area contributed by atoms with Gasteiger partial charge >= 0.3 is 0 Å². The van der Waals surface area contributed by atoms with Crippen molar-refractivity contribution in [2.45, 2.75) is 63.5 Å². The summed E-state index contributed by atoms with van der Waals surface area (Å²) in [7, 11) is 1.98. The maximum Gasteiger partial charge on any atom is 0.259 e. The number of anilines is 1. The fourth-order valence-corrected chi connectivity index (χ4v) is 6.51. The van der Waals surface area contributed by atoms with Gasteiger partial charge in [0, 0.05) is 60.4 Å². The van der Waals surface area contributed by atoms with Gasteiger partial charge in [0.15, 0.2) is 0 Å². The highest BCUT2D eigenvalue weighted by Crippen LogP contribution is 2.44. The Balaban J connectivity index is 1.17. The van der Waals surface area contributed by atoms with E-state index in [4.69, 9.17) is 9.72 Å². The molecule has 1 atom stereocenters. The molecule has 1 saturated carbocycles. The highest BCUT2D eigenvalue weighted by Gasteiger charge is 2.43. The van der Waals surface area contributed by atoms with Crippen LogP contribution in [0.3, 0.4) is 0 Å². The third kappa shape index (κ3) is 4.24. The summed E-state index contributed by atoms with van der Waals surface area (Å²) < 4.78 is 7.67. The topological polar surface area (TPSA) is 76.4 Å². The van der Waals surface area contributed by atoms with Gasteiger partial charge in [-0.15, -0.1) is 10.2 Å². The number of fused-ring (bicyclic) bond motifs is 1. The lowest BCUT2D eigenvalue weighted by molar-refractivity contribution is -0.0611. The van der Waals surface area contributed by atoms with Gasteiger partial charge < -0.3 is 14.2 Å². The summed E-state index contributed by atoms with van der Waals surface area (Å²) in [6, 6.07) is 10.6. The Morgan fingerprint density at radius 3 is 2.74 bits per heavy atom. The van der Waals surface area contributed by atoms with E-state index < -0.39 is 0 Å². The zero-order chi connectivity index (χ0) is 25.9. The molecule has 0 radical (unpaired) electrons. The zero-order valence-corrected chi connectivity index (χ0v) is 22.4. The number of carbonyl (C=O) groups is 1. The third-order valence-corrected chi connectivity index (χ3v) is 8.92. The van der Waals surface area contributed by atoms with E-state index in [1.807, 2.05) is 16.5 Å². The van der Waals surface area contributed by atoms with Gasteiger partial charge in [-0.25, -0.2) is 0 Å². The summed E-state index contributed by atoms with van der Waals surface area (Å²) in [5.74, 6) is 2.27. The molecule has 3 aromatic rings. The van der Waals surface area contributed by atoms with Crippen molar-refractivity contribution in [3.05, 3.63) is 70.6 Å². The van der Waals surface area contributed by atoms with Gasteiger partial charge in [-0.2, -0.15) is 0 Å². The molecule has 2 saturated heterocycles. The van der Waals surface area contributed by atoms with E-state index in [-0.39, 0.29) is 11.3 Å². The number of benzene rings is 1. The van der Waals surface area contributed by atoms with Crippen molar-refractivity contribution in [2.75, 3.05) is 31.2 Å². The second-order valence-electron chi connectivity index (χ2n) is 12.0. The lowest BCUT2D eigenvalue weighted by Gasteiger charge is -2.42. The van der Waals surface area contributed by atoms with Crippen LogP contribution in [0.4, 0.5) is 5.69 Å². The Bertz CT molecular complexity index is 1370. The van der Waals surface area contributed by atoms with Gasteiger partial charge in [0.1, 0.15) is 12.2 Å². The molecule has 0 bridgehead atoms. The standard InChI is InChI=1S/C30H36N6O2/c1-20-5-4-10-35(14-20)15-23-12-25-26(28(32-23)21-8-9-21)16-36(29(25)37)24-7-3-6-22(11-24)30(17-38-18-30)13-27-33-31-19-34(27)2/h3,6-7,11-12,19-21H,4-5,8-10,13-18H2,1-2H3. The van der Waals surface area contributed by atoms with E-state index in [9.17, 15) is 4.79 Å². The first-order chi connectivity index (χ1) is 18.5. The first-order valence-corrected chi connectivity index (χ1v) is 14.1. The van der Waals surface area contributed by atoms with Crippen LogP contribution in [-0.4, -0.2) is 56.9 Å². The van der Waals surface area contributed by atoms with Gasteiger partial charge in [-0.3, -0.25) is 14.7 Å². The number of aryl methyl sites for hydroxylation is 1. The predicted octanol–water partition coefficient (Wildman–Crippen LogP) is 3.99. The lowest BCUT2D eigenvalue weighted by atomic mass is 9.75. The van der Waals surface area contributed by atoms with E-state index in [0.29, 0.717) is 25.7 Å². The largest absolute Gasteiger partial charge is 0.379 e. The Hall–Kier alpha value is -3.10. The fraction of sp³-hybridized carbons (Fsp3) is 0.533. The summed E-state index contributed by atoms with van der Waals surface area (Å²) in [6.45, 7) is 7.30. The van der Waals surface area contributed by atoms with Crippen LogP contribution in [0.1, 0.15) is 77.2 Å². The minimum Gasteiger partial charge on any atom is -0.379 e. The molecule has 38 heavy (non-hydrogen) atoms. The molecule has 1 amide bonds. The van der Waals surface area contributed by atoms with Crippen molar-refractivity contribution in [1.29, 1.82) is 0 Å². The smallest absolute Gasteiger partial charge is 0.259 e. The molecule has 7 rings (SSSR count). The van der Waals surface area contributed by atoms with Crippen molar-refractivity contribution in [2.24, 2.45) is 13.0 Å². The van der Waals surface area contributed by atoms with Crippen LogP contribution in [0.25, 0.3) is 0 Å². The number of piperidine rings is 1. The van der Waals surface area contributed by atoms with Gasteiger partial charge in [0.25, 0.3) is 5.91 Å². The molecule has 1 unspecified atom stereocenters. The highest BCUT2D eigenvalue weighted by molar-refractivity contribution is 6.10. The summed E-state index contributed by atoms with van der Waals surface area (Å²) in [6.07, 6.45) is 7.41. The Kier molecular flexibility index (Phi) is 5.85. The fourth-order valence-electron chi connectivity index (χ4n) is 6.51. The number of hydrogen-bond donors (Lipinski definition) is 0. The number of likely N-dealkylation sites (tertiary alicyclic amines) is 1. The molecule has 1 aliphatic carbocycles. The lowest BCUT2D eigenvalue weighted by Crippen LogP contribution is -2.49. The zero-order valence-electron chi connectivity index (χ0n) is 22.4. The quantitative estimate of drug-likeness (QED) is 0.477. The Morgan fingerprint density at radius 2 is 2.03 bits per heavy atom. The van der Waals surface area contributed by atoms with Gasteiger partial charge in [-0.1, -0.05) is 19.1 Å². The van der Waals surface area contributed by atoms with Crippen molar-refractivity contribution in [3.8, 4) is 0 Å². The monoisotopic (exact) mass is 512 g/mol. The van der Waals surface area contributed by atoms with E-state index in [1.165, 1.54) is 36.9 Å². The van der Waals surface area contributed by atoms with Crippen molar-refractivity contribution < 1.29 is 9.53 Å². The van der Waals surface area contributed by atoms with Gasteiger partial charge in [0.05, 0.1) is 25.5 Å². The van der Waals surface area contributed by atoms with Crippen LogP contribution in [-0.2, 0) is 36.7 Å². The van der Waals surface area contributed by atoms with Crippen LogP contribution in [0.2, 0.25) is 0 Å². The maximum atomic E-state index is 13.9. The molecular weight excluding hydrogens is 476 g/mol. The molecule has 3 aliphatic heterocycles. The van der Waals surface area contributed by atoms with Crippen LogP contribution >= 0.6 is 0 Å². The Morgan fingerprint density at radius 1 is 1.16 bits per heavy atom. The molecule has 3 fully saturated rings. The SMILES string of the molecule is CC1CCCN(Cc2cc3c(c(C4CC4)n2)CN(c2cccc(C4(Cc5nncn5C)COC4)c2)C3=O)C1. The second-order valence-corrected chi connectivity index (χ2v) is 12.0. The van der Waals surface area contributed by atoms with E-state index in [2.05, 4.69) is 52.4 Å². The van der Waals surface area contributed by atoms with Crippen molar-refractivity contribution in [3.63, 3.8) is 0 Å². The number of pyridine rings is 1. The van der Waals surface area contributed by atoms with E-state index >= 15 is 0 Å². The van der Waals surface area contributed by atoms with Crippen LogP contribution in [0.5, 0.6) is 0 Å². The van der Waals surface area contributed by atoms with Crippen LogP contribution < -0.4 is 4.90 Å². The molecule has 0 spiro atoms. The molecule has 198 valence electrons. The number of aromatic nitrogens is 4. The average Bonchev–Trinajstić information content (AvgIpc) is 3.58. The van der Waals surface area contributed by atoms with Crippen molar-refractivity contribution in [1.82, 2.24) is 24.6 Å². The summed E-state index contributed by atoms with van der Waals surface area (Å²) in [5, 5.41) is 8.37. The van der Waals surface area contributed by atoms with Crippen molar-refractivity contribution >= 4 is 11.6 Å². The molecular formula is C30H36N6O2. The number of carbonyl (C=O) groups excluding carboxylic acids is 1. The van der Waals surface area contributed by atoms with E-state index in [0.717, 1.165) is 60.3 Å². The van der Waals surface area contributed by atoms with Gasteiger partial charge in [-0.05, 0) is 61.9 Å². The summed E-state index contributed by atoms with van der Waals surface area (Å²) in [5.41, 5.74) is 6.20.